The van der Waals surface area contributed by atoms with Crippen molar-refractivity contribution in [2.45, 2.75) is 18.2 Å². The summed E-state index contributed by atoms with van der Waals surface area (Å²) in [6.45, 7) is 1.58. The van der Waals surface area contributed by atoms with Crippen LogP contribution in [0.1, 0.15) is 18.9 Å². The number of hydrogen-bond donors (Lipinski definition) is 0. The van der Waals surface area contributed by atoms with Gasteiger partial charge in [-0.15, -0.1) is 0 Å². The summed E-state index contributed by atoms with van der Waals surface area (Å²) in [5.41, 5.74) is 0.0623. The molecule has 0 atom stereocenters. The van der Waals surface area contributed by atoms with E-state index in [2.05, 4.69) is 4.74 Å². The molecule has 1 aromatic carbocycles. The molecule has 0 saturated carbocycles. The molecular formula is C13H15ClN2O4S. The summed E-state index contributed by atoms with van der Waals surface area (Å²) >= 11 is 5.79. The lowest BCUT2D eigenvalue weighted by Crippen LogP contribution is -2.36. The Bertz CT molecular complexity index is 667. The third kappa shape index (κ3) is 4.17. The lowest BCUT2D eigenvalue weighted by Gasteiger charge is -2.20. The van der Waals surface area contributed by atoms with Gasteiger partial charge in [0.15, 0.2) is 0 Å². The van der Waals surface area contributed by atoms with Crippen LogP contribution in [0.25, 0.3) is 0 Å². The highest BCUT2D eigenvalue weighted by atomic mass is 35.5. The first-order valence-electron chi connectivity index (χ1n) is 6.13. The van der Waals surface area contributed by atoms with Crippen LogP contribution in [0.3, 0.4) is 0 Å². The molecule has 0 spiro atoms. The number of methoxy groups -OCH3 is 1. The van der Waals surface area contributed by atoms with Crippen molar-refractivity contribution in [1.29, 1.82) is 5.26 Å². The van der Waals surface area contributed by atoms with Crippen LogP contribution in [-0.4, -0.2) is 38.9 Å². The van der Waals surface area contributed by atoms with Crippen molar-refractivity contribution in [3.05, 3.63) is 28.8 Å². The third-order valence-corrected chi connectivity index (χ3v) is 4.87. The number of hydrogen-bond acceptors (Lipinski definition) is 5. The minimum atomic E-state index is -3.89. The molecule has 0 radical (unpaired) electrons. The molecule has 0 bridgehead atoms. The van der Waals surface area contributed by atoms with E-state index in [1.807, 2.05) is 6.07 Å². The van der Waals surface area contributed by atoms with Gasteiger partial charge in [-0.3, -0.25) is 4.79 Å². The van der Waals surface area contributed by atoms with E-state index in [0.29, 0.717) is 6.42 Å². The molecule has 21 heavy (non-hydrogen) atoms. The predicted octanol–water partition coefficient (Wildman–Crippen LogP) is 1.79. The Balaban J connectivity index is 3.22. The average Bonchev–Trinajstić information content (AvgIpc) is 2.46. The van der Waals surface area contributed by atoms with Crippen LogP contribution in [0, 0.1) is 11.3 Å². The second kappa shape index (κ2) is 7.41. The van der Waals surface area contributed by atoms with Gasteiger partial charge >= 0.3 is 5.97 Å². The third-order valence-electron chi connectivity index (χ3n) is 2.70. The van der Waals surface area contributed by atoms with Gasteiger partial charge in [0.25, 0.3) is 0 Å². The molecule has 0 unspecified atom stereocenters. The summed E-state index contributed by atoms with van der Waals surface area (Å²) in [6.07, 6.45) is 0.537. The monoisotopic (exact) mass is 330 g/mol. The van der Waals surface area contributed by atoms with E-state index in [-0.39, 0.29) is 28.6 Å². The van der Waals surface area contributed by atoms with Crippen molar-refractivity contribution >= 4 is 27.6 Å². The van der Waals surface area contributed by atoms with Crippen LogP contribution < -0.4 is 0 Å². The lowest BCUT2D eigenvalue weighted by molar-refractivity contribution is -0.140. The van der Waals surface area contributed by atoms with Gasteiger partial charge in [0.2, 0.25) is 10.0 Å². The van der Waals surface area contributed by atoms with E-state index in [4.69, 9.17) is 16.9 Å². The Labute approximate surface area is 128 Å². The molecule has 6 nitrogen and oxygen atoms in total. The Morgan fingerprint density at radius 2 is 2.14 bits per heavy atom. The van der Waals surface area contributed by atoms with Crippen molar-refractivity contribution in [3.8, 4) is 6.07 Å². The zero-order chi connectivity index (χ0) is 16.0. The molecule has 0 aliphatic rings. The zero-order valence-electron chi connectivity index (χ0n) is 11.7. The smallest absolute Gasteiger partial charge is 0.321 e. The Morgan fingerprint density at radius 1 is 1.48 bits per heavy atom. The first-order valence-corrected chi connectivity index (χ1v) is 7.95. The van der Waals surface area contributed by atoms with Crippen LogP contribution >= 0.6 is 11.6 Å². The fraction of sp³-hybridized carbons (Fsp3) is 0.385. The summed E-state index contributed by atoms with van der Waals surface area (Å²) < 4.78 is 30.6. The molecule has 0 saturated heterocycles. The van der Waals surface area contributed by atoms with Crippen LogP contribution in [0.15, 0.2) is 23.1 Å². The minimum absolute atomic E-state index is 0.0623. The number of ether oxygens (including phenoxy) is 1. The molecule has 0 fully saturated rings. The summed E-state index contributed by atoms with van der Waals surface area (Å²) in [4.78, 5) is 11.3. The molecule has 8 heteroatoms. The van der Waals surface area contributed by atoms with Gasteiger partial charge in [-0.1, -0.05) is 18.5 Å². The van der Waals surface area contributed by atoms with Gasteiger partial charge in [-0.05, 0) is 24.6 Å². The Kier molecular flexibility index (Phi) is 6.15. The standard InChI is InChI=1S/C13H15ClN2O4S/c1-3-6-16(9-13(17)20-2)21(18,19)11-4-5-12(14)10(7-11)8-15/h4-5,7H,3,6,9H2,1-2H3. The fourth-order valence-electron chi connectivity index (χ4n) is 1.64. The normalized spacial score (nSPS) is 11.2. The van der Waals surface area contributed by atoms with Crippen molar-refractivity contribution in [2.24, 2.45) is 0 Å². The molecule has 0 heterocycles. The van der Waals surface area contributed by atoms with E-state index in [9.17, 15) is 13.2 Å². The topological polar surface area (TPSA) is 87.5 Å². The van der Waals surface area contributed by atoms with E-state index in [0.717, 1.165) is 4.31 Å². The zero-order valence-corrected chi connectivity index (χ0v) is 13.2. The molecule has 1 aromatic rings. The number of halogens is 1. The highest BCUT2D eigenvalue weighted by molar-refractivity contribution is 7.89. The Hall–Kier alpha value is -1.62. The Morgan fingerprint density at radius 3 is 2.67 bits per heavy atom. The fourth-order valence-corrected chi connectivity index (χ4v) is 3.30. The van der Waals surface area contributed by atoms with Crippen LogP contribution in [0.4, 0.5) is 0 Å². The first-order chi connectivity index (χ1) is 9.86. The molecule has 0 N–H and O–H groups in total. The van der Waals surface area contributed by atoms with Gasteiger partial charge in [-0.2, -0.15) is 9.57 Å². The van der Waals surface area contributed by atoms with Crippen molar-refractivity contribution in [1.82, 2.24) is 4.31 Å². The second-order valence-electron chi connectivity index (χ2n) is 4.17. The molecule has 0 amide bonds. The van der Waals surface area contributed by atoms with Gasteiger partial charge in [0.1, 0.15) is 12.6 Å². The number of rotatable bonds is 6. The predicted molar refractivity (Wildman–Crippen MR) is 77.2 cm³/mol. The molecule has 0 aliphatic carbocycles. The van der Waals surface area contributed by atoms with E-state index < -0.39 is 16.0 Å². The van der Waals surface area contributed by atoms with E-state index >= 15 is 0 Å². The summed E-state index contributed by atoms with van der Waals surface area (Å²) in [5, 5.41) is 9.09. The van der Waals surface area contributed by atoms with Crippen molar-refractivity contribution in [2.75, 3.05) is 20.2 Å². The largest absolute Gasteiger partial charge is 0.468 e. The molecule has 114 valence electrons. The minimum Gasteiger partial charge on any atom is -0.468 e. The van der Waals surface area contributed by atoms with E-state index in [1.165, 1.54) is 25.3 Å². The average molecular weight is 331 g/mol. The van der Waals surface area contributed by atoms with Crippen LogP contribution in [0.2, 0.25) is 5.02 Å². The highest BCUT2D eigenvalue weighted by Crippen LogP contribution is 2.22. The maximum absolute atomic E-state index is 12.5. The van der Waals surface area contributed by atoms with Crippen molar-refractivity contribution < 1.29 is 17.9 Å². The molecule has 0 aromatic heterocycles. The summed E-state index contributed by atoms with van der Waals surface area (Å²) in [7, 11) is -2.71. The van der Waals surface area contributed by atoms with Gasteiger partial charge in [-0.25, -0.2) is 8.42 Å². The van der Waals surface area contributed by atoms with Gasteiger partial charge in [0, 0.05) is 6.54 Å². The van der Waals surface area contributed by atoms with Gasteiger partial charge < -0.3 is 4.74 Å². The second-order valence-corrected chi connectivity index (χ2v) is 6.51. The number of sulfonamides is 1. The maximum Gasteiger partial charge on any atom is 0.321 e. The summed E-state index contributed by atoms with van der Waals surface area (Å²) in [5.74, 6) is -0.651. The number of nitriles is 1. The molecule has 1 rings (SSSR count). The number of nitrogens with zero attached hydrogens (tertiary/aromatic N) is 2. The first kappa shape index (κ1) is 17.4. The molecular weight excluding hydrogens is 316 g/mol. The van der Waals surface area contributed by atoms with E-state index in [1.54, 1.807) is 6.92 Å². The number of carbonyl (C=O) groups excluding carboxylic acids is 1. The van der Waals surface area contributed by atoms with Crippen LogP contribution in [-0.2, 0) is 19.6 Å². The van der Waals surface area contributed by atoms with Gasteiger partial charge in [0.05, 0.1) is 22.6 Å². The quantitative estimate of drug-likeness (QED) is 0.742. The number of esters is 1. The SMILES string of the molecule is CCCN(CC(=O)OC)S(=O)(=O)c1ccc(Cl)c(C#N)c1. The number of benzene rings is 1. The summed E-state index contributed by atoms with van der Waals surface area (Å²) in [6, 6.07) is 5.66. The maximum atomic E-state index is 12.5. The molecule has 0 aliphatic heterocycles. The van der Waals surface area contributed by atoms with Crippen molar-refractivity contribution in [3.63, 3.8) is 0 Å². The highest BCUT2D eigenvalue weighted by Gasteiger charge is 2.26. The lowest BCUT2D eigenvalue weighted by atomic mass is 10.2. The van der Waals surface area contributed by atoms with Crippen LogP contribution in [0.5, 0.6) is 0 Å². The number of carbonyl (C=O) groups is 1.